The Labute approximate surface area is 278 Å². The molecule has 0 saturated heterocycles. The standard InChI is InChI=1S/C39H39F3N6/c1-26-20-31(27(2)48(26)33-11-6-10-32(21-33)39(40,41)42)23-43-22-28-15-17-29(18-16-28)24-47(25-37-45-34-12-3-4-13-35(34)46-37)36-14-5-8-30-9-7-19-44-38(30)36/h3-4,6-7,9-13,15-21,36,43H,5,8,14,22-25H2,1-2H3,(H,45,46). The van der Waals surface area contributed by atoms with Crippen molar-refractivity contribution in [3.05, 3.63) is 148 Å². The third-order valence-corrected chi connectivity index (χ3v) is 9.42. The predicted octanol–water partition coefficient (Wildman–Crippen LogP) is 8.75. The van der Waals surface area contributed by atoms with Gasteiger partial charge in [-0.1, -0.05) is 48.5 Å². The number of fused-ring (bicyclic) bond motifs is 2. The van der Waals surface area contributed by atoms with Gasteiger partial charge >= 0.3 is 6.18 Å². The summed E-state index contributed by atoms with van der Waals surface area (Å²) in [7, 11) is 0. The number of aromatic nitrogens is 4. The number of halogens is 3. The molecule has 1 aliphatic rings. The lowest BCUT2D eigenvalue weighted by Gasteiger charge is -2.34. The first-order valence-electron chi connectivity index (χ1n) is 16.5. The van der Waals surface area contributed by atoms with Crippen LogP contribution in [0.25, 0.3) is 16.7 Å². The first-order valence-corrected chi connectivity index (χ1v) is 16.5. The molecule has 3 aromatic carbocycles. The van der Waals surface area contributed by atoms with Gasteiger partial charge in [0.05, 0.1) is 34.9 Å². The summed E-state index contributed by atoms with van der Waals surface area (Å²) in [6, 6.07) is 28.9. The molecule has 1 atom stereocenters. The monoisotopic (exact) mass is 648 g/mol. The summed E-state index contributed by atoms with van der Waals surface area (Å²) in [5.41, 5.74) is 9.68. The number of imidazole rings is 1. The van der Waals surface area contributed by atoms with E-state index in [2.05, 4.69) is 51.6 Å². The Morgan fingerprint density at radius 3 is 2.52 bits per heavy atom. The molecule has 1 aliphatic carbocycles. The Morgan fingerprint density at radius 1 is 0.896 bits per heavy atom. The van der Waals surface area contributed by atoms with Crippen molar-refractivity contribution < 1.29 is 13.2 Å². The van der Waals surface area contributed by atoms with Crippen LogP contribution in [0.2, 0.25) is 0 Å². The van der Waals surface area contributed by atoms with E-state index in [-0.39, 0.29) is 6.04 Å². The first kappa shape index (κ1) is 31.8. The number of aryl methyl sites for hydroxylation is 2. The first-order chi connectivity index (χ1) is 23.2. The molecule has 48 heavy (non-hydrogen) atoms. The lowest BCUT2D eigenvalue weighted by molar-refractivity contribution is -0.137. The fourth-order valence-electron chi connectivity index (χ4n) is 7.05. The molecule has 1 unspecified atom stereocenters. The van der Waals surface area contributed by atoms with Crippen LogP contribution in [0.15, 0.2) is 97.2 Å². The molecule has 0 saturated carbocycles. The van der Waals surface area contributed by atoms with Crippen molar-refractivity contribution in [3.63, 3.8) is 0 Å². The van der Waals surface area contributed by atoms with Gasteiger partial charge in [-0.15, -0.1) is 0 Å². The van der Waals surface area contributed by atoms with Crippen LogP contribution < -0.4 is 5.32 Å². The average Bonchev–Trinajstić information content (AvgIpc) is 3.63. The molecule has 0 amide bonds. The number of hydrogen-bond donors (Lipinski definition) is 2. The molecule has 3 heterocycles. The summed E-state index contributed by atoms with van der Waals surface area (Å²) in [5.74, 6) is 0.951. The molecule has 0 bridgehead atoms. The van der Waals surface area contributed by atoms with Crippen molar-refractivity contribution in [3.8, 4) is 5.69 Å². The maximum Gasteiger partial charge on any atom is 0.416 e. The van der Waals surface area contributed by atoms with E-state index in [1.165, 1.54) is 34.5 Å². The van der Waals surface area contributed by atoms with Crippen LogP contribution in [-0.2, 0) is 38.8 Å². The molecule has 0 aliphatic heterocycles. The van der Waals surface area contributed by atoms with E-state index < -0.39 is 11.7 Å². The number of benzene rings is 3. The van der Waals surface area contributed by atoms with E-state index >= 15 is 0 Å². The normalized spacial score (nSPS) is 14.9. The van der Waals surface area contributed by atoms with Gasteiger partial charge < -0.3 is 14.9 Å². The third-order valence-electron chi connectivity index (χ3n) is 9.42. The minimum absolute atomic E-state index is 0.208. The lowest BCUT2D eigenvalue weighted by Crippen LogP contribution is -2.31. The zero-order chi connectivity index (χ0) is 33.3. The van der Waals surface area contributed by atoms with Crippen molar-refractivity contribution in [2.45, 2.75) is 71.5 Å². The van der Waals surface area contributed by atoms with Gasteiger partial charge in [0.1, 0.15) is 5.82 Å². The second-order valence-electron chi connectivity index (χ2n) is 12.8. The Bertz CT molecular complexity index is 1990. The summed E-state index contributed by atoms with van der Waals surface area (Å²) in [5, 5.41) is 3.53. The van der Waals surface area contributed by atoms with Gasteiger partial charge in [-0.2, -0.15) is 13.2 Å². The zero-order valence-corrected chi connectivity index (χ0v) is 27.2. The van der Waals surface area contributed by atoms with Gasteiger partial charge in [0.15, 0.2) is 0 Å². The van der Waals surface area contributed by atoms with Crippen LogP contribution >= 0.6 is 0 Å². The van der Waals surface area contributed by atoms with E-state index in [0.717, 1.165) is 65.7 Å². The fourth-order valence-corrected chi connectivity index (χ4v) is 7.05. The van der Waals surface area contributed by atoms with Gasteiger partial charge in [0, 0.05) is 42.9 Å². The molecule has 0 spiro atoms. The number of H-pyrrole nitrogens is 1. The summed E-state index contributed by atoms with van der Waals surface area (Å²) >= 11 is 0. The Balaban J connectivity index is 1.03. The lowest BCUT2D eigenvalue weighted by atomic mass is 9.90. The van der Waals surface area contributed by atoms with Crippen LogP contribution in [0.1, 0.15) is 69.6 Å². The Hall–Kier alpha value is -4.73. The molecule has 2 N–H and O–H groups in total. The fraction of sp³-hybridized carbons (Fsp3) is 0.282. The largest absolute Gasteiger partial charge is 0.416 e. The second kappa shape index (κ2) is 13.4. The van der Waals surface area contributed by atoms with Crippen LogP contribution in [0, 0.1) is 13.8 Å². The number of hydrogen-bond acceptors (Lipinski definition) is 4. The van der Waals surface area contributed by atoms with Crippen molar-refractivity contribution in [1.82, 2.24) is 29.7 Å². The second-order valence-corrected chi connectivity index (χ2v) is 12.8. The molecular formula is C39H39F3N6. The highest BCUT2D eigenvalue weighted by molar-refractivity contribution is 5.74. The van der Waals surface area contributed by atoms with E-state index in [9.17, 15) is 13.2 Å². The SMILES string of the molecule is Cc1cc(CNCc2ccc(CN(Cc3nc4ccccc4[nH]3)C3CCCc4cccnc43)cc2)c(C)n1-c1cccc(C(F)(F)F)c1. The van der Waals surface area contributed by atoms with Crippen LogP contribution in [0.5, 0.6) is 0 Å². The summed E-state index contributed by atoms with van der Waals surface area (Å²) in [6.45, 7) is 6.63. The van der Waals surface area contributed by atoms with Crippen molar-refractivity contribution in [2.75, 3.05) is 0 Å². The average molecular weight is 649 g/mol. The molecule has 3 aromatic heterocycles. The number of nitrogens with one attached hydrogen (secondary N) is 2. The molecule has 6 nitrogen and oxygen atoms in total. The van der Waals surface area contributed by atoms with Crippen LogP contribution in [0.4, 0.5) is 13.2 Å². The molecule has 9 heteroatoms. The van der Waals surface area contributed by atoms with Crippen molar-refractivity contribution >= 4 is 11.0 Å². The van der Waals surface area contributed by atoms with E-state index in [1.54, 1.807) is 6.07 Å². The maximum absolute atomic E-state index is 13.3. The summed E-state index contributed by atoms with van der Waals surface area (Å²) < 4.78 is 41.9. The van der Waals surface area contributed by atoms with Crippen molar-refractivity contribution in [1.29, 1.82) is 0 Å². The Kier molecular flexibility index (Phi) is 8.90. The van der Waals surface area contributed by atoms with Crippen LogP contribution in [-0.4, -0.2) is 24.4 Å². The summed E-state index contributed by atoms with van der Waals surface area (Å²) in [4.78, 5) is 15.7. The molecule has 0 fully saturated rings. The Morgan fingerprint density at radius 2 is 1.71 bits per heavy atom. The van der Waals surface area contributed by atoms with E-state index in [4.69, 9.17) is 9.97 Å². The highest BCUT2D eigenvalue weighted by Crippen LogP contribution is 2.35. The number of alkyl halides is 3. The topological polar surface area (TPSA) is 61.8 Å². The zero-order valence-electron chi connectivity index (χ0n) is 27.2. The van der Waals surface area contributed by atoms with Gasteiger partial charge in [0.25, 0.3) is 0 Å². The van der Waals surface area contributed by atoms with E-state index in [0.29, 0.717) is 25.3 Å². The number of rotatable bonds is 10. The third kappa shape index (κ3) is 6.79. The van der Waals surface area contributed by atoms with E-state index in [1.807, 2.05) is 54.9 Å². The quantitative estimate of drug-likeness (QED) is 0.156. The summed E-state index contributed by atoms with van der Waals surface area (Å²) in [6.07, 6.45) is 0.778. The molecule has 246 valence electrons. The molecular weight excluding hydrogens is 609 g/mol. The molecule has 7 rings (SSSR count). The highest BCUT2D eigenvalue weighted by atomic mass is 19.4. The minimum atomic E-state index is -4.38. The number of pyridine rings is 1. The number of para-hydroxylation sites is 2. The van der Waals surface area contributed by atoms with Crippen LogP contribution in [0.3, 0.4) is 0 Å². The van der Waals surface area contributed by atoms with Gasteiger partial charge in [-0.25, -0.2) is 4.98 Å². The highest BCUT2D eigenvalue weighted by Gasteiger charge is 2.31. The minimum Gasteiger partial charge on any atom is -0.341 e. The van der Waals surface area contributed by atoms with Crippen molar-refractivity contribution in [2.24, 2.45) is 0 Å². The molecule has 6 aromatic rings. The maximum atomic E-state index is 13.3. The van der Waals surface area contributed by atoms with Gasteiger partial charge in [0.2, 0.25) is 0 Å². The van der Waals surface area contributed by atoms with Gasteiger partial charge in [-0.3, -0.25) is 9.88 Å². The number of aromatic amines is 1. The number of nitrogens with zero attached hydrogens (tertiary/aromatic N) is 4. The smallest absolute Gasteiger partial charge is 0.341 e. The van der Waals surface area contributed by atoms with Gasteiger partial charge in [-0.05, 0) is 97.8 Å². The predicted molar refractivity (Wildman–Crippen MR) is 182 cm³/mol. The molecule has 0 radical (unpaired) electrons.